The highest BCUT2D eigenvalue weighted by Gasteiger charge is 2.20. The molecule has 0 radical (unpaired) electrons. The molecule has 1 aliphatic carbocycles. The van der Waals surface area contributed by atoms with Crippen LogP contribution in [0.2, 0.25) is 0 Å². The minimum Gasteiger partial charge on any atom is -0.304 e. The first-order valence-corrected chi connectivity index (χ1v) is 10.3. The van der Waals surface area contributed by atoms with Gasteiger partial charge in [0.15, 0.2) is 0 Å². The van der Waals surface area contributed by atoms with Crippen molar-refractivity contribution in [3.63, 3.8) is 0 Å². The summed E-state index contributed by atoms with van der Waals surface area (Å²) < 4.78 is 27.9. The summed E-state index contributed by atoms with van der Waals surface area (Å²) in [6.45, 7) is 9.38. The lowest BCUT2D eigenvalue weighted by atomic mass is 10.1. The summed E-state index contributed by atoms with van der Waals surface area (Å²) in [5.41, 5.74) is 2.50. The molecule has 0 amide bonds. The van der Waals surface area contributed by atoms with Crippen molar-refractivity contribution in [1.82, 2.24) is 9.62 Å². The van der Waals surface area contributed by atoms with Crippen LogP contribution in [0.3, 0.4) is 0 Å². The van der Waals surface area contributed by atoms with Gasteiger partial charge in [0.25, 0.3) is 0 Å². The van der Waals surface area contributed by atoms with Crippen LogP contribution in [0.15, 0.2) is 23.1 Å². The van der Waals surface area contributed by atoms with Crippen molar-refractivity contribution in [3.8, 4) is 0 Å². The first kappa shape index (κ1) is 18.4. The largest absolute Gasteiger partial charge is 0.304 e. The maximum absolute atomic E-state index is 12.5. The van der Waals surface area contributed by atoms with Crippen LogP contribution in [0.5, 0.6) is 0 Å². The second-order valence-corrected chi connectivity index (χ2v) is 8.19. The Morgan fingerprint density at radius 2 is 1.87 bits per heavy atom. The molecule has 23 heavy (non-hydrogen) atoms. The molecule has 0 heterocycles. The molecule has 0 bridgehead atoms. The van der Waals surface area contributed by atoms with E-state index in [0.29, 0.717) is 4.90 Å². The van der Waals surface area contributed by atoms with Gasteiger partial charge in [-0.3, -0.25) is 0 Å². The molecular weight excluding hydrogens is 308 g/mol. The fourth-order valence-corrected chi connectivity index (χ4v) is 4.60. The van der Waals surface area contributed by atoms with E-state index >= 15 is 0 Å². The maximum Gasteiger partial charge on any atom is 0.240 e. The van der Waals surface area contributed by atoms with Crippen LogP contribution in [0.4, 0.5) is 0 Å². The molecule has 0 saturated carbocycles. The Morgan fingerprint density at radius 3 is 2.57 bits per heavy atom. The van der Waals surface area contributed by atoms with Crippen molar-refractivity contribution in [2.24, 2.45) is 0 Å². The molecule has 1 aromatic carbocycles. The first-order valence-electron chi connectivity index (χ1n) is 8.82. The van der Waals surface area contributed by atoms with Gasteiger partial charge < -0.3 is 4.90 Å². The number of hydrogen-bond donors (Lipinski definition) is 1. The van der Waals surface area contributed by atoms with E-state index in [1.165, 1.54) is 11.1 Å². The van der Waals surface area contributed by atoms with Gasteiger partial charge in [-0.1, -0.05) is 19.9 Å². The molecule has 1 atom stereocenters. The lowest BCUT2D eigenvalue weighted by Crippen LogP contribution is -2.33. The third-order valence-corrected chi connectivity index (χ3v) is 6.33. The smallest absolute Gasteiger partial charge is 0.240 e. The number of hydrogen-bond acceptors (Lipinski definition) is 3. The first-order chi connectivity index (χ1) is 11.0. The molecule has 0 fully saturated rings. The van der Waals surface area contributed by atoms with Crippen LogP contribution in [0.25, 0.3) is 0 Å². The average Bonchev–Trinajstić information content (AvgIpc) is 2.98. The number of nitrogens with zero attached hydrogens (tertiary/aromatic N) is 1. The Kier molecular flexibility index (Phi) is 6.62. The van der Waals surface area contributed by atoms with Gasteiger partial charge >= 0.3 is 0 Å². The van der Waals surface area contributed by atoms with Crippen molar-refractivity contribution in [2.75, 3.05) is 19.6 Å². The van der Waals surface area contributed by atoms with E-state index in [1.807, 2.05) is 19.1 Å². The molecule has 0 aromatic heterocycles. The van der Waals surface area contributed by atoms with Gasteiger partial charge in [0.1, 0.15) is 0 Å². The third kappa shape index (κ3) is 5.03. The zero-order chi connectivity index (χ0) is 16.9. The molecule has 1 aromatic rings. The summed E-state index contributed by atoms with van der Waals surface area (Å²) >= 11 is 0. The molecule has 0 aliphatic heterocycles. The minimum atomic E-state index is -3.41. The normalized spacial score (nSPS) is 15.8. The van der Waals surface area contributed by atoms with Crippen LogP contribution < -0.4 is 4.72 Å². The van der Waals surface area contributed by atoms with E-state index in [4.69, 9.17) is 0 Å². The minimum absolute atomic E-state index is 0.0381. The van der Waals surface area contributed by atoms with E-state index in [9.17, 15) is 8.42 Å². The number of aryl methyl sites for hydroxylation is 2. The molecule has 1 N–H and O–H groups in total. The number of rotatable bonds is 9. The number of benzene rings is 1. The predicted molar refractivity (Wildman–Crippen MR) is 95.3 cm³/mol. The van der Waals surface area contributed by atoms with Crippen LogP contribution in [0.1, 0.15) is 51.2 Å². The lowest BCUT2D eigenvalue weighted by Gasteiger charge is -2.20. The van der Waals surface area contributed by atoms with Gasteiger partial charge in [-0.05, 0) is 81.9 Å². The number of sulfonamides is 1. The van der Waals surface area contributed by atoms with Crippen molar-refractivity contribution >= 4 is 10.0 Å². The van der Waals surface area contributed by atoms with Crippen LogP contribution in [-0.4, -0.2) is 39.0 Å². The van der Waals surface area contributed by atoms with E-state index in [-0.39, 0.29) is 6.04 Å². The fourth-order valence-electron chi connectivity index (χ4n) is 3.27. The Bertz CT molecular complexity index is 609. The summed E-state index contributed by atoms with van der Waals surface area (Å²) in [6.07, 6.45) is 5.08. The van der Waals surface area contributed by atoms with Crippen molar-refractivity contribution in [3.05, 3.63) is 29.3 Å². The topological polar surface area (TPSA) is 49.4 Å². The summed E-state index contributed by atoms with van der Waals surface area (Å²) in [6, 6.07) is 5.54. The molecule has 4 nitrogen and oxygen atoms in total. The molecule has 5 heteroatoms. The average molecular weight is 339 g/mol. The van der Waals surface area contributed by atoms with Crippen LogP contribution in [-0.2, 0) is 22.9 Å². The fraction of sp³-hybridized carbons (Fsp3) is 0.667. The Balaban J connectivity index is 1.90. The summed E-state index contributed by atoms with van der Waals surface area (Å²) in [7, 11) is -3.41. The Labute approximate surface area is 141 Å². The standard InChI is InChI=1S/C18H30N2O2S/c1-4-20(5-2)13-7-8-15(3)19-23(21,22)18-12-11-16-9-6-10-17(16)14-18/h11-12,14-15,19H,4-10,13H2,1-3H3/t15-/m1/s1. The molecule has 0 saturated heterocycles. The van der Waals surface area contributed by atoms with Crippen LogP contribution >= 0.6 is 0 Å². The van der Waals surface area contributed by atoms with Crippen molar-refractivity contribution in [2.45, 2.75) is 63.8 Å². The quantitative estimate of drug-likeness (QED) is 0.753. The zero-order valence-corrected chi connectivity index (χ0v) is 15.5. The summed E-state index contributed by atoms with van der Waals surface area (Å²) in [5, 5.41) is 0. The van der Waals surface area contributed by atoms with Gasteiger partial charge in [-0.15, -0.1) is 0 Å². The molecular formula is C18H30N2O2S. The van der Waals surface area contributed by atoms with E-state index in [1.54, 1.807) is 6.07 Å². The zero-order valence-electron chi connectivity index (χ0n) is 14.6. The molecule has 2 rings (SSSR count). The van der Waals surface area contributed by atoms with Gasteiger partial charge in [-0.2, -0.15) is 0 Å². The van der Waals surface area contributed by atoms with Crippen molar-refractivity contribution in [1.29, 1.82) is 0 Å². The maximum atomic E-state index is 12.5. The highest BCUT2D eigenvalue weighted by atomic mass is 32.2. The van der Waals surface area contributed by atoms with Crippen molar-refractivity contribution < 1.29 is 8.42 Å². The third-order valence-electron chi connectivity index (χ3n) is 4.74. The SMILES string of the molecule is CCN(CC)CCC[C@@H](C)NS(=O)(=O)c1ccc2c(c1)CCC2. The number of nitrogens with one attached hydrogen (secondary N) is 1. The monoisotopic (exact) mass is 338 g/mol. The predicted octanol–water partition coefficient (Wildman–Crippen LogP) is 2.96. The van der Waals surface area contributed by atoms with E-state index in [0.717, 1.165) is 51.7 Å². The Morgan fingerprint density at radius 1 is 1.17 bits per heavy atom. The molecule has 1 aliphatic rings. The van der Waals surface area contributed by atoms with Gasteiger partial charge in [-0.25, -0.2) is 13.1 Å². The van der Waals surface area contributed by atoms with E-state index in [2.05, 4.69) is 23.5 Å². The summed E-state index contributed by atoms with van der Waals surface area (Å²) in [4.78, 5) is 2.77. The highest BCUT2D eigenvalue weighted by Crippen LogP contribution is 2.24. The lowest BCUT2D eigenvalue weighted by molar-refractivity contribution is 0.293. The number of fused-ring (bicyclic) bond motifs is 1. The second kappa shape index (κ2) is 8.27. The van der Waals surface area contributed by atoms with Gasteiger partial charge in [0.2, 0.25) is 10.0 Å². The van der Waals surface area contributed by atoms with Gasteiger partial charge in [0.05, 0.1) is 4.90 Å². The highest BCUT2D eigenvalue weighted by molar-refractivity contribution is 7.89. The van der Waals surface area contributed by atoms with Crippen LogP contribution in [0, 0.1) is 0 Å². The second-order valence-electron chi connectivity index (χ2n) is 6.48. The van der Waals surface area contributed by atoms with Gasteiger partial charge in [0, 0.05) is 6.04 Å². The molecule has 0 unspecified atom stereocenters. The van der Waals surface area contributed by atoms with E-state index < -0.39 is 10.0 Å². The molecule has 0 spiro atoms. The molecule has 130 valence electrons. The summed E-state index contributed by atoms with van der Waals surface area (Å²) in [5.74, 6) is 0. The Hall–Kier alpha value is -0.910.